The van der Waals surface area contributed by atoms with Gasteiger partial charge in [0.25, 0.3) is 0 Å². The van der Waals surface area contributed by atoms with Crippen molar-refractivity contribution in [2.24, 2.45) is 0 Å². The van der Waals surface area contributed by atoms with Crippen LogP contribution >= 0.6 is 0 Å². The van der Waals surface area contributed by atoms with Crippen LogP contribution in [-0.2, 0) is 6.54 Å². The van der Waals surface area contributed by atoms with E-state index in [0.29, 0.717) is 46.8 Å². The highest BCUT2D eigenvalue weighted by Gasteiger charge is 2.24. The van der Waals surface area contributed by atoms with E-state index in [2.05, 4.69) is 42.9 Å². The molecular formula is C20H18N10O. The van der Waals surface area contributed by atoms with Crippen molar-refractivity contribution in [1.29, 1.82) is 10.5 Å². The highest BCUT2D eigenvalue weighted by molar-refractivity contribution is 5.88. The largest absolute Gasteiger partial charge is 0.391 e. The van der Waals surface area contributed by atoms with E-state index in [1.54, 1.807) is 17.7 Å². The van der Waals surface area contributed by atoms with Gasteiger partial charge < -0.3 is 15.7 Å². The van der Waals surface area contributed by atoms with Crippen LogP contribution in [0.15, 0.2) is 24.4 Å². The summed E-state index contributed by atoms with van der Waals surface area (Å²) in [6.45, 7) is 1.96. The van der Waals surface area contributed by atoms with Crippen molar-refractivity contribution in [1.82, 2.24) is 29.4 Å². The van der Waals surface area contributed by atoms with Gasteiger partial charge in [-0.25, -0.2) is 4.98 Å². The van der Waals surface area contributed by atoms with E-state index in [-0.39, 0.29) is 5.69 Å². The van der Waals surface area contributed by atoms with Crippen LogP contribution in [0.1, 0.15) is 31.2 Å². The molecule has 5 rings (SSSR count). The molecule has 0 saturated heterocycles. The van der Waals surface area contributed by atoms with Crippen molar-refractivity contribution >= 4 is 34.0 Å². The lowest BCUT2D eigenvalue weighted by Crippen LogP contribution is -2.12. The molecule has 1 fully saturated rings. The molecule has 11 heteroatoms. The van der Waals surface area contributed by atoms with Crippen LogP contribution in [0, 0.1) is 22.7 Å². The SMILES string of the molecule is C[C@@H](O)Cn1nc(C#N)c2cc(Nc3nc(NC4CC4)c4ncc(C#N)n4n3)ccc21. The third-order valence-electron chi connectivity index (χ3n) is 4.94. The number of nitriles is 2. The predicted molar refractivity (Wildman–Crippen MR) is 112 cm³/mol. The minimum Gasteiger partial charge on any atom is -0.391 e. The number of hydrogen-bond donors (Lipinski definition) is 3. The molecule has 3 N–H and O–H groups in total. The van der Waals surface area contributed by atoms with E-state index in [1.165, 1.54) is 10.7 Å². The molecule has 1 aliphatic rings. The molecule has 3 heterocycles. The standard InChI is InChI=1S/C20H18N10O/c1-11(31)10-29-17-5-4-13(6-15(17)16(8-22)27-29)25-20-26-18(24-12-2-3-12)19-23-9-14(7-21)30(19)28-20/h4-6,9,11-12,31H,2-3,10H2,1H3,(H2,24,25,26,28)/t11-/m1/s1. The summed E-state index contributed by atoms with van der Waals surface area (Å²) in [6.07, 6.45) is 3.01. The summed E-state index contributed by atoms with van der Waals surface area (Å²) < 4.78 is 3.08. The molecule has 0 unspecified atom stereocenters. The lowest BCUT2D eigenvalue weighted by molar-refractivity contribution is 0.170. The molecule has 0 radical (unpaired) electrons. The van der Waals surface area contributed by atoms with Gasteiger partial charge in [0, 0.05) is 17.1 Å². The topological polar surface area (TPSA) is 153 Å². The summed E-state index contributed by atoms with van der Waals surface area (Å²) in [7, 11) is 0. The number of nitrogens with zero attached hydrogens (tertiary/aromatic N) is 8. The van der Waals surface area contributed by atoms with Gasteiger partial charge in [0.15, 0.2) is 22.9 Å². The average molecular weight is 414 g/mol. The van der Waals surface area contributed by atoms with Gasteiger partial charge in [0.2, 0.25) is 5.95 Å². The van der Waals surface area contributed by atoms with Gasteiger partial charge in [0.05, 0.1) is 24.4 Å². The van der Waals surface area contributed by atoms with Gasteiger partial charge in [-0.2, -0.15) is 25.1 Å². The van der Waals surface area contributed by atoms with Crippen LogP contribution in [0.4, 0.5) is 17.5 Å². The monoisotopic (exact) mass is 414 g/mol. The van der Waals surface area contributed by atoms with Crippen LogP contribution < -0.4 is 10.6 Å². The lowest BCUT2D eigenvalue weighted by atomic mass is 10.2. The lowest BCUT2D eigenvalue weighted by Gasteiger charge is -2.10. The van der Waals surface area contributed by atoms with E-state index < -0.39 is 6.10 Å². The maximum absolute atomic E-state index is 9.69. The first kappa shape index (κ1) is 18.8. The Labute approximate surface area is 176 Å². The summed E-state index contributed by atoms with van der Waals surface area (Å²) in [6, 6.07) is 9.97. The second kappa shape index (κ2) is 7.23. The maximum atomic E-state index is 9.69. The van der Waals surface area contributed by atoms with Crippen LogP contribution in [-0.4, -0.2) is 46.6 Å². The quantitative estimate of drug-likeness (QED) is 0.429. The van der Waals surface area contributed by atoms with E-state index >= 15 is 0 Å². The third-order valence-corrected chi connectivity index (χ3v) is 4.94. The van der Waals surface area contributed by atoms with Crippen LogP contribution in [0.3, 0.4) is 0 Å². The molecule has 1 atom stereocenters. The number of imidazole rings is 1. The molecule has 1 aromatic carbocycles. The van der Waals surface area contributed by atoms with Crippen LogP contribution in [0.5, 0.6) is 0 Å². The van der Waals surface area contributed by atoms with Crippen molar-refractivity contribution in [2.45, 2.75) is 38.5 Å². The van der Waals surface area contributed by atoms with E-state index in [4.69, 9.17) is 0 Å². The zero-order chi connectivity index (χ0) is 21.5. The van der Waals surface area contributed by atoms with Gasteiger partial charge in [-0.3, -0.25) is 4.68 Å². The fraction of sp³-hybridized carbons (Fsp3) is 0.300. The zero-order valence-electron chi connectivity index (χ0n) is 16.6. The zero-order valence-corrected chi connectivity index (χ0v) is 16.6. The van der Waals surface area contributed by atoms with E-state index in [1.807, 2.05) is 12.1 Å². The number of hydrogen-bond acceptors (Lipinski definition) is 9. The van der Waals surface area contributed by atoms with Crippen molar-refractivity contribution in [3.05, 3.63) is 35.8 Å². The first-order valence-electron chi connectivity index (χ1n) is 9.84. The predicted octanol–water partition coefficient (Wildman–Crippen LogP) is 1.92. The average Bonchev–Trinajstić information content (AvgIpc) is 3.36. The second-order valence-electron chi connectivity index (χ2n) is 7.54. The molecule has 0 spiro atoms. The Morgan fingerprint density at radius 1 is 1.26 bits per heavy atom. The minimum absolute atomic E-state index is 0.271. The van der Waals surface area contributed by atoms with Gasteiger partial charge in [-0.05, 0) is 38.0 Å². The smallest absolute Gasteiger partial charge is 0.247 e. The third kappa shape index (κ3) is 3.47. The van der Waals surface area contributed by atoms with Gasteiger partial charge >= 0.3 is 0 Å². The Balaban J connectivity index is 1.54. The Hall–Kier alpha value is -4.22. The highest BCUT2D eigenvalue weighted by Crippen LogP contribution is 2.28. The number of fused-ring (bicyclic) bond motifs is 2. The number of aliphatic hydroxyl groups excluding tert-OH is 1. The fourth-order valence-electron chi connectivity index (χ4n) is 3.39. The van der Waals surface area contributed by atoms with Crippen molar-refractivity contribution in [3.8, 4) is 12.1 Å². The highest BCUT2D eigenvalue weighted by atomic mass is 16.3. The summed E-state index contributed by atoms with van der Waals surface area (Å²) in [5, 5.41) is 44.3. The first-order valence-corrected chi connectivity index (χ1v) is 9.84. The number of nitrogens with one attached hydrogen (secondary N) is 2. The molecule has 1 saturated carbocycles. The number of benzene rings is 1. The Bertz CT molecular complexity index is 1380. The minimum atomic E-state index is -0.588. The van der Waals surface area contributed by atoms with E-state index in [0.717, 1.165) is 18.4 Å². The van der Waals surface area contributed by atoms with Crippen molar-refractivity contribution < 1.29 is 5.11 Å². The molecule has 1 aliphatic carbocycles. The van der Waals surface area contributed by atoms with Gasteiger partial charge in [0.1, 0.15) is 12.1 Å². The van der Waals surface area contributed by atoms with Crippen LogP contribution in [0.2, 0.25) is 0 Å². The van der Waals surface area contributed by atoms with Gasteiger partial charge in [-0.1, -0.05) is 0 Å². The number of anilines is 3. The summed E-state index contributed by atoms with van der Waals surface area (Å²) >= 11 is 0. The normalized spacial score (nSPS) is 14.3. The van der Waals surface area contributed by atoms with Crippen molar-refractivity contribution in [3.63, 3.8) is 0 Å². The summed E-state index contributed by atoms with van der Waals surface area (Å²) in [5.41, 5.74) is 2.48. The maximum Gasteiger partial charge on any atom is 0.247 e. The number of aromatic nitrogens is 6. The summed E-state index contributed by atoms with van der Waals surface area (Å²) in [4.78, 5) is 8.81. The second-order valence-corrected chi connectivity index (χ2v) is 7.54. The van der Waals surface area contributed by atoms with Crippen molar-refractivity contribution in [2.75, 3.05) is 10.6 Å². The fourth-order valence-corrected chi connectivity index (χ4v) is 3.39. The molecule has 3 aromatic heterocycles. The molecule has 11 nitrogen and oxygen atoms in total. The molecule has 31 heavy (non-hydrogen) atoms. The molecule has 0 amide bonds. The molecule has 0 bridgehead atoms. The van der Waals surface area contributed by atoms with E-state index in [9.17, 15) is 15.6 Å². The summed E-state index contributed by atoms with van der Waals surface area (Å²) in [5.74, 6) is 0.851. The Morgan fingerprint density at radius 3 is 2.81 bits per heavy atom. The molecule has 4 aromatic rings. The van der Waals surface area contributed by atoms with Crippen LogP contribution in [0.25, 0.3) is 16.6 Å². The number of rotatable bonds is 6. The molecular weight excluding hydrogens is 396 g/mol. The Kier molecular flexibility index (Phi) is 4.38. The molecule has 0 aliphatic heterocycles. The Morgan fingerprint density at radius 2 is 2.10 bits per heavy atom. The molecule has 154 valence electrons. The number of aliphatic hydroxyl groups is 1. The van der Waals surface area contributed by atoms with Gasteiger partial charge in [-0.15, -0.1) is 5.10 Å². The first-order chi connectivity index (χ1) is 15.1.